The number of aromatic nitrogens is 2. The summed E-state index contributed by atoms with van der Waals surface area (Å²) in [5.74, 6) is -1.63. The summed E-state index contributed by atoms with van der Waals surface area (Å²) in [5.41, 5.74) is -0.981. The first-order valence-corrected chi connectivity index (χ1v) is 11.6. The van der Waals surface area contributed by atoms with Crippen LogP contribution in [0.15, 0.2) is 11.0 Å². The van der Waals surface area contributed by atoms with Crippen LogP contribution in [0.1, 0.15) is 25.5 Å². The number of anilines is 1. The number of nitrogens with one attached hydrogen (secondary N) is 1. The molecule has 5 atom stereocenters. The summed E-state index contributed by atoms with van der Waals surface area (Å²) >= 11 is 0. The van der Waals surface area contributed by atoms with Crippen molar-refractivity contribution in [1.82, 2.24) is 9.55 Å². The van der Waals surface area contributed by atoms with Crippen LogP contribution >= 0.6 is 15.2 Å². The SMILES string of the molecule is O=c1nc(NCCCC(O)(P(=O)([O-])O)P(=O)([O-])O)c(F)cn1[C@H]1C[C@H](O)[C@@H](CO)O1.[Na+].[Na+]. The molecule has 0 radical (unpaired) electrons. The van der Waals surface area contributed by atoms with Crippen LogP contribution in [0.2, 0.25) is 0 Å². The van der Waals surface area contributed by atoms with Crippen LogP contribution in [0.4, 0.5) is 10.2 Å². The summed E-state index contributed by atoms with van der Waals surface area (Å²) < 4.78 is 42.4. The van der Waals surface area contributed by atoms with Gasteiger partial charge >= 0.3 is 64.8 Å². The fourth-order valence-electron chi connectivity index (χ4n) is 2.80. The molecule has 32 heavy (non-hydrogen) atoms. The van der Waals surface area contributed by atoms with E-state index in [9.17, 15) is 38.3 Å². The van der Waals surface area contributed by atoms with Gasteiger partial charge in [-0.2, -0.15) is 4.98 Å². The van der Waals surface area contributed by atoms with E-state index in [1.165, 1.54) is 0 Å². The molecule has 1 fully saturated rings. The van der Waals surface area contributed by atoms with Crippen LogP contribution in [0.3, 0.4) is 0 Å². The molecule has 19 heteroatoms. The number of hydrogen-bond acceptors (Lipinski definition) is 11. The molecule has 14 nitrogen and oxygen atoms in total. The summed E-state index contributed by atoms with van der Waals surface area (Å²) in [6.07, 6.45) is -4.11. The quantitative estimate of drug-likeness (QED) is 0.101. The van der Waals surface area contributed by atoms with Crippen LogP contribution in [0, 0.1) is 5.82 Å². The van der Waals surface area contributed by atoms with Gasteiger partial charge in [-0.15, -0.1) is 0 Å². The zero-order valence-electron chi connectivity index (χ0n) is 17.2. The van der Waals surface area contributed by atoms with Crippen LogP contribution in [0.25, 0.3) is 0 Å². The standard InChI is InChI=1S/C13H22FN3O11P2.2Na/c14-7-5-17(10-4-8(19)9(6-18)28-10)12(20)16-11(7)15-3-1-2-13(21,29(22,23)24)30(25,26)27;;/h5,8-10,18-19,21H,1-4,6H2,(H,15,16,20)(H2,22,23,24)(H2,25,26,27);;/q;2*+1/p-2/t8-,9+,10+;;/m0../s1. The Kier molecular flexibility index (Phi) is 12.9. The first-order valence-electron chi connectivity index (χ1n) is 8.48. The molecule has 1 saturated heterocycles. The van der Waals surface area contributed by atoms with Crippen molar-refractivity contribution in [2.24, 2.45) is 0 Å². The Labute approximate surface area is 225 Å². The first-order chi connectivity index (χ1) is 13.7. The minimum Gasteiger partial charge on any atom is -0.776 e. The molecule has 1 aliphatic heterocycles. The second kappa shape index (κ2) is 12.6. The smallest absolute Gasteiger partial charge is 0.776 e. The Hall–Kier alpha value is 0.750. The maximum atomic E-state index is 14.2. The van der Waals surface area contributed by atoms with Crippen molar-refractivity contribution in [2.45, 2.75) is 42.8 Å². The van der Waals surface area contributed by atoms with Crippen molar-refractivity contribution in [3.63, 3.8) is 0 Å². The van der Waals surface area contributed by atoms with Crippen LogP contribution in [0.5, 0.6) is 0 Å². The minimum atomic E-state index is -5.91. The van der Waals surface area contributed by atoms with Crippen molar-refractivity contribution in [3.8, 4) is 0 Å². The predicted octanol–water partition coefficient (Wildman–Crippen LogP) is -9.04. The Morgan fingerprint density at radius 2 is 1.88 bits per heavy atom. The molecule has 0 amide bonds. The number of aliphatic hydroxyl groups excluding tert-OH is 2. The number of rotatable bonds is 9. The van der Waals surface area contributed by atoms with Gasteiger partial charge in [0.1, 0.15) is 12.3 Å². The van der Waals surface area contributed by atoms with Crippen LogP contribution < -0.4 is 79.9 Å². The Bertz CT molecular complexity index is 905. The van der Waals surface area contributed by atoms with Crippen molar-refractivity contribution >= 4 is 21.0 Å². The molecule has 0 spiro atoms. The van der Waals surface area contributed by atoms with Gasteiger partial charge in [-0.3, -0.25) is 4.57 Å². The number of nitrogens with zero attached hydrogens (tertiary/aromatic N) is 2. The summed E-state index contributed by atoms with van der Waals surface area (Å²) in [7, 11) is -11.8. The van der Waals surface area contributed by atoms with E-state index in [0.29, 0.717) is 0 Å². The maximum absolute atomic E-state index is 14.2. The number of halogens is 1. The van der Waals surface area contributed by atoms with Gasteiger partial charge in [0.15, 0.2) is 31.9 Å². The molecule has 0 bridgehead atoms. The molecular formula is C13H20FN3Na2O11P2. The van der Waals surface area contributed by atoms with Gasteiger partial charge in [-0.05, 0) is 12.8 Å². The van der Waals surface area contributed by atoms with Crippen molar-refractivity contribution in [3.05, 3.63) is 22.5 Å². The number of aliphatic hydroxyl groups is 3. The molecule has 1 aromatic rings. The Balaban J connectivity index is 0.00000480. The summed E-state index contributed by atoms with van der Waals surface area (Å²) in [5, 5.41) is 26.8. The Morgan fingerprint density at radius 1 is 1.31 bits per heavy atom. The first kappa shape index (κ1) is 32.8. The number of ether oxygens (including phenoxy) is 1. The van der Waals surface area contributed by atoms with Crippen LogP contribution in [-0.2, 0) is 13.9 Å². The van der Waals surface area contributed by atoms with Gasteiger partial charge in [-0.1, -0.05) is 0 Å². The molecule has 1 aromatic heterocycles. The summed E-state index contributed by atoms with van der Waals surface area (Å²) in [4.78, 5) is 55.5. The van der Waals surface area contributed by atoms with Gasteiger partial charge in [0.25, 0.3) is 0 Å². The zero-order chi connectivity index (χ0) is 22.9. The van der Waals surface area contributed by atoms with E-state index in [2.05, 4.69) is 10.3 Å². The summed E-state index contributed by atoms with van der Waals surface area (Å²) in [6.45, 7) is -0.913. The van der Waals surface area contributed by atoms with E-state index in [-0.39, 0.29) is 65.5 Å². The third-order valence-electron chi connectivity index (χ3n) is 4.49. The molecule has 6 N–H and O–H groups in total. The molecule has 2 unspecified atom stereocenters. The van der Waals surface area contributed by atoms with Gasteiger partial charge in [0.2, 0.25) is 0 Å². The zero-order valence-corrected chi connectivity index (χ0v) is 23.0. The van der Waals surface area contributed by atoms with Crippen molar-refractivity contribution in [1.29, 1.82) is 0 Å². The third kappa shape index (κ3) is 7.37. The monoisotopic (exact) mass is 521 g/mol. The van der Waals surface area contributed by atoms with E-state index in [1.54, 1.807) is 0 Å². The number of hydrogen-bond donors (Lipinski definition) is 6. The molecule has 2 rings (SSSR count). The molecule has 1 aliphatic rings. The van der Waals surface area contributed by atoms with Gasteiger partial charge in [0, 0.05) is 13.0 Å². The van der Waals surface area contributed by atoms with E-state index in [4.69, 9.17) is 19.6 Å². The molecule has 0 aliphatic carbocycles. The molecule has 172 valence electrons. The average molecular weight is 521 g/mol. The average Bonchev–Trinajstić information content (AvgIpc) is 2.99. The van der Waals surface area contributed by atoms with Crippen molar-refractivity contribution in [2.75, 3.05) is 18.5 Å². The fourth-order valence-corrected chi connectivity index (χ4v) is 4.96. The van der Waals surface area contributed by atoms with E-state index in [1.807, 2.05) is 0 Å². The van der Waals surface area contributed by atoms with E-state index < -0.39 is 82.0 Å². The van der Waals surface area contributed by atoms with Crippen LogP contribution in [-0.4, -0.2) is 65.1 Å². The van der Waals surface area contributed by atoms with E-state index in [0.717, 1.165) is 10.8 Å². The third-order valence-corrected chi connectivity index (χ3v) is 8.26. The molecule has 2 heterocycles. The van der Waals surface area contributed by atoms with Gasteiger partial charge in [0.05, 0.1) is 18.9 Å². The largest absolute Gasteiger partial charge is 1.00 e. The normalized spacial score (nSPS) is 26.1. The molecule has 0 saturated carbocycles. The Morgan fingerprint density at radius 3 is 2.34 bits per heavy atom. The van der Waals surface area contributed by atoms with E-state index >= 15 is 0 Å². The molecular weight excluding hydrogens is 501 g/mol. The van der Waals surface area contributed by atoms with Gasteiger partial charge in [-0.25, -0.2) is 9.18 Å². The second-order valence-corrected chi connectivity index (χ2v) is 10.5. The topological polar surface area (TPSA) is 238 Å². The maximum Gasteiger partial charge on any atom is 1.00 e. The van der Waals surface area contributed by atoms with Gasteiger partial charge < -0.3 is 54.1 Å². The molecule has 0 aromatic carbocycles. The van der Waals surface area contributed by atoms with Crippen molar-refractivity contribution < 1.29 is 112 Å². The minimum absolute atomic E-state index is 0. The second-order valence-electron chi connectivity index (χ2n) is 6.59. The fraction of sp³-hybridized carbons (Fsp3) is 0.692. The summed E-state index contributed by atoms with van der Waals surface area (Å²) in [6, 6.07) is 0. The predicted molar refractivity (Wildman–Crippen MR) is 92.4 cm³/mol.